The van der Waals surface area contributed by atoms with Crippen molar-refractivity contribution < 1.29 is 24.2 Å². The first-order chi connectivity index (χ1) is 10.9. The van der Waals surface area contributed by atoms with Crippen LogP contribution in [0.2, 0.25) is 5.15 Å². The van der Waals surface area contributed by atoms with E-state index in [1.54, 1.807) is 10.6 Å². The first-order valence-corrected chi connectivity index (χ1v) is 7.16. The van der Waals surface area contributed by atoms with Gasteiger partial charge in [-0.3, -0.25) is 0 Å². The summed E-state index contributed by atoms with van der Waals surface area (Å²) in [5.74, 6) is -1.74. The summed E-state index contributed by atoms with van der Waals surface area (Å²) in [7, 11) is 0. The summed E-state index contributed by atoms with van der Waals surface area (Å²) in [6, 6.07) is 5.49. The number of rotatable bonds is 2. The van der Waals surface area contributed by atoms with E-state index < -0.39 is 17.9 Å². The van der Waals surface area contributed by atoms with Gasteiger partial charge in [-0.1, -0.05) is 23.7 Å². The van der Waals surface area contributed by atoms with E-state index in [2.05, 4.69) is 0 Å². The molecule has 2 heterocycles. The van der Waals surface area contributed by atoms with Crippen molar-refractivity contribution in [2.24, 2.45) is 0 Å². The Kier molecular flexibility index (Phi) is 3.73. The van der Waals surface area contributed by atoms with E-state index in [1.165, 1.54) is 18.2 Å². The summed E-state index contributed by atoms with van der Waals surface area (Å²) in [6.07, 6.45) is -1.13. The normalized spacial score (nSPS) is 13.7. The fraction of sp³-hybridized carbons (Fsp3) is 0.200. The quantitative estimate of drug-likeness (QED) is 0.881. The molecule has 1 amide bonds. The van der Waals surface area contributed by atoms with E-state index in [9.17, 15) is 19.1 Å². The molecule has 1 aliphatic heterocycles. The lowest BCUT2D eigenvalue weighted by Crippen LogP contribution is -2.37. The highest BCUT2D eigenvalue weighted by molar-refractivity contribution is 6.33. The molecule has 8 heteroatoms. The summed E-state index contributed by atoms with van der Waals surface area (Å²) in [6.45, 7) is 0.375. The van der Waals surface area contributed by atoms with Gasteiger partial charge in [-0.25, -0.2) is 14.0 Å². The molecule has 1 aromatic carbocycles. The third-order valence-electron chi connectivity index (χ3n) is 3.84. The topological polar surface area (TPSA) is 82.8 Å². The Morgan fingerprint density at radius 3 is 2.57 bits per heavy atom. The molecular formula is C15H12ClFN2O4. The van der Waals surface area contributed by atoms with Crippen molar-refractivity contribution in [1.29, 1.82) is 0 Å². The number of aromatic carboxylic acids is 1. The Morgan fingerprint density at radius 2 is 1.96 bits per heavy atom. The zero-order valence-electron chi connectivity index (χ0n) is 11.8. The van der Waals surface area contributed by atoms with E-state index in [1.807, 2.05) is 0 Å². The van der Waals surface area contributed by atoms with Crippen LogP contribution in [0, 0.1) is 5.82 Å². The highest BCUT2D eigenvalue weighted by Gasteiger charge is 2.32. The highest BCUT2D eigenvalue weighted by Crippen LogP contribution is 2.38. The Balaban J connectivity index is 2.22. The van der Waals surface area contributed by atoms with Crippen molar-refractivity contribution in [2.45, 2.75) is 13.1 Å². The van der Waals surface area contributed by atoms with Crippen LogP contribution in [0.25, 0.3) is 11.1 Å². The van der Waals surface area contributed by atoms with E-state index in [0.717, 1.165) is 4.90 Å². The second kappa shape index (κ2) is 5.58. The Morgan fingerprint density at radius 1 is 1.22 bits per heavy atom. The van der Waals surface area contributed by atoms with Gasteiger partial charge in [0.2, 0.25) is 0 Å². The van der Waals surface area contributed by atoms with Crippen molar-refractivity contribution in [2.75, 3.05) is 6.54 Å². The lowest BCUT2D eigenvalue weighted by Gasteiger charge is -2.26. The zero-order chi connectivity index (χ0) is 16.7. The number of carboxylic acid groups (broad SMARTS) is 2. The molecule has 0 unspecified atom stereocenters. The predicted molar refractivity (Wildman–Crippen MR) is 80.2 cm³/mol. The number of benzene rings is 1. The van der Waals surface area contributed by atoms with Crippen LogP contribution in [0.4, 0.5) is 9.18 Å². The molecule has 1 aliphatic rings. The average molecular weight is 339 g/mol. The van der Waals surface area contributed by atoms with E-state index in [4.69, 9.17) is 16.7 Å². The minimum absolute atomic E-state index is 0.0774. The maximum absolute atomic E-state index is 13.5. The van der Waals surface area contributed by atoms with Gasteiger partial charge >= 0.3 is 12.1 Å². The maximum Gasteiger partial charge on any atom is 0.407 e. The maximum atomic E-state index is 13.5. The fourth-order valence-electron chi connectivity index (χ4n) is 2.81. The number of nitrogens with zero attached hydrogens (tertiary/aromatic N) is 2. The van der Waals surface area contributed by atoms with Crippen LogP contribution >= 0.6 is 11.6 Å². The first-order valence-electron chi connectivity index (χ1n) is 6.78. The van der Waals surface area contributed by atoms with Crippen LogP contribution in [0.3, 0.4) is 0 Å². The van der Waals surface area contributed by atoms with Gasteiger partial charge in [0.05, 0.1) is 17.8 Å². The van der Waals surface area contributed by atoms with Crippen molar-refractivity contribution >= 4 is 23.7 Å². The number of fused-ring (bicyclic) bond motifs is 1. The molecule has 0 radical (unpaired) electrons. The van der Waals surface area contributed by atoms with Gasteiger partial charge in [0, 0.05) is 18.7 Å². The first kappa shape index (κ1) is 15.4. The Hall–Kier alpha value is -2.54. The van der Waals surface area contributed by atoms with Gasteiger partial charge in [0.25, 0.3) is 0 Å². The molecule has 2 N–H and O–H groups in total. The molecule has 6 nitrogen and oxygen atoms in total. The van der Waals surface area contributed by atoms with Crippen LogP contribution in [-0.2, 0) is 13.1 Å². The molecule has 3 rings (SSSR count). The molecule has 0 aliphatic carbocycles. The second-order valence-electron chi connectivity index (χ2n) is 5.16. The largest absolute Gasteiger partial charge is 0.478 e. The molecule has 0 atom stereocenters. The Labute approximate surface area is 135 Å². The second-order valence-corrected chi connectivity index (χ2v) is 5.52. The van der Waals surface area contributed by atoms with Gasteiger partial charge in [-0.05, 0) is 17.7 Å². The number of hydrogen-bond donors (Lipinski definition) is 2. The number of carbonyl (C=O) groups is 2. The third kappa shape index (κ3) is 2.53. The van der Waals surface area contributed by atoms with Gasteiger partial charge in [0.15, 0.2) is 0 Å². The van der Waals surface area contributed by atoms with E-state index in [0.29, 0.717) is 11.3 Å². The van der Waals surface area contributed by atoms with E-state index in [-0.39, 0.29) is 35.9 Å². The number of hydrogen-bond acceptors (Lipinski definition) is 2. The van der Waals surface area contributed by atoms with Gasteiger partial charge in [-0.15, -0.1) is 0 Å². The van der Waals surface area contributed by atoms with Crippen molar-refractivity contribution in [1.82, 2.24) is 9.47 Å². The molecule has 23 heavy (non-hydrogen) atoms. The van der Waals surface area contributed by atoms with Gasteiger partial charge in [-0.2, -0.15) is 0 Å². The molecule has 1 aromatic heterocycles. The smallest absolute Gasteiger partial charge is 0.407 e. The van der Waals surface area contributed by atoms with Crippen LogP contribution in [0.5, 0.6) is 0 Å². The van der Waals surface area contributed by atoms with Crippen LogP contribution < -0.4 is 0 Å². The Bertz CT molecular complexity index is 818. The third-order valence-corrected chi connectivity index (χ3v) is 4.23. The molecule has 0 spiro atoms. The summed E-state index contributed by atoms with van der Waals surface area (Å²) in [5, 5.41) is 18.8. The number of carboxylic acids is 1. The standard InChI is InChI=1S/C15H12ClFN2O4/c16-13-11(8-2-1-3-9(17)6-8)12(14(20)21)10-7-18(15(22)23)4-5-19(10)13/h1-3,6H,4-5,7H2,(H,20,21)(H,22,23). The van der Waals surface area contributed by atoms with Crippen molar-refractivity contribution in [3.05, 3.63) is 46.5 Å². The molecular weight excluding hydrogens is 327 g/mol. The molecule has 0 saturated carbocycles. The molecule has 120 valence electrons. The fourth-order valence-corrected chi connectivity index (χ4v) is 3.21. The summed E-state index contributed by atoms with van der Waals surface area (Å²) >= 11 is 6.32. The van der Waals surface area contributed by atoms with Gasteiger partial charge < -0.3 is 19.7 Å². The highest BCUT2D eigenvalue weighted by atomic mass is 35.5. The SMILES string of the molecule is O=C(O)c1c(-c2cccc(F)c2)c(Cl)n2c1CN(C(=O)O)CC2. The summed E-state index contributed by atoms with van der Waals surface area (Å²) in [5.41, 5.74) is 0.763. The summed E-state index contributed by atoms with van der Waals surface area (Å²) in [4.78, 5) is 24.0. The minimum atomic E-state index is -1.23. The van der Waals surface area contributed by atoms with Crippen molar-refractivity contribution in [3.8, 4) is 11.1 Å². The van der Waals surface area contributed by atoms with Crippen LogP contribution in [-0.4, -0.2) is 38.3 Å². The number of amides is 1. The average Bonchev–Trinajstić information content (AvgIpc) is 2.80. The molecule has 0 fully saturated rings. The monoisotopic (exact) mass is 338 g/mol. The lowest BCUT2D eigenvalue weighted by molar-refractivity contribution is 0.0692. The molecule has 0 saturated heterocycles. The van der Waals surface area contributed by atoms with Crippen molar-refractivity contribution in [3.63, 3.8) is 0 Å². The number of halogens is 2. The van der Waals surface area contributed by atoms with Crippen LogP contribution in [0.1, 0.15) is 16.1 Å². The molecule has 0 bridgehead atoms. The van der Waals surface area contributed by atoms with Gasteiger partial charge in [0.1, 0.15) is 11.0 Å². The zero-order valence-corrected chi connectivity index (χ0v) is 12.5. The minimum Gasteiger partial charge on any atom is -0.478 e. The molecule has 2 aromatic rings. The van der Waals surface area contributed by atoms with E-state index >= 15 is 0 Å². The number of aromatic nitrogens is 1. The summed E-state index contributed by atoms with van der Waals surface area (Å²) < 4.78 is 15.1. The van der Waals surface area contributed by atoms with Crippen LogP contribution in [0.15, 0.2) is 24.3 Å². The lowest BCUT2D eigenvalue weighted by atomic mass is 10.0. The predicted octanol–water partition coefficient (Wildman–Crippen LogP) is 3.14.